The van der Waals surface area contributed by atoms with Crippen LogP contribution < -0.4 is 5.32 Å². The molecule has 2 heterocycles. The lowest BCUT2D eigenvalue weighted by atomic mass is 10.00. The lowest BCUT2D eigenvalue weighted by Gasteiger charge is -2.42. The lowest BCUT2D eigenvalue weighted by Crippen LogP contribution is -2.57. The van der Waals surface area contributed by atoms with Gasteiger partial charge >= 0.3 is 0 Å². The molecule has 4 heteroatoms. The van der Waals surface area contributed by atoms with Gasteiger partial charge in [-0.1, -0.05) is 0 Å². The van der Waals surface area contributed by atoms with Crippen molar-refractivity contribution in [2.24, 2.45) is 0 Å². The normalized spacial score (nSPS) is 37.9. The van der Waals surface area contributed by atoms with E-state index in [9.17, 15) is 0 Å². The van der Waals surface area contributed by atoms with Gasteiger partial charge in [-0.15, -0.1) is 0 Å². The maximum atomic E-state index is 5.69. The monoisotopic (exact) mass is 241 g/mol. The minimum atomic E-state index is 0.551. The third kappa shape index (κ3) is 3.19. The van der Waals surface area contributed by atoms with Crippen LogP contribution in [-0.4, -0.2) is 74.9 Å². The first-order valence-corrected chi connectivity index (χ1v) is 6.91. The molecule has 0 aliphatic carbocycles. The van der Waals surface area contributed by atoms with Crippen molar-refractivity contribution in [2.45, 2.75) is 37.9 Å². The zero-order chi connectivity index (χ0) is 12.3. The van der Waals surface area contributed by atoms with E-state index in [0.29, 0.717) is 18.1 Å². The minimum absolute atomic E-state index is 0.551. The van der Waals surface area contributed by atoms with Crippen LogP contribution in [0.2, 0.25) is 0 Å². The van der Waals surface area contributed by atoms with Crippen LogP contribution in [0, 0.1) is 0 Å². The van der Waals surface area contributed by atoms with E-state index in [1.54, 1.807) is 0 Å². The van der Waals surface area contributed by atoms with Crippen LogP contribution >= 0.6 is 0 Å². The van der Waals surface area contributed by atoms with Crippen molar-refractivity contribution >= 4 is 0 Å². The molecule has 2 aliphatic rings. The molecule has 0 bridgehead atoms. The Balaban J connectivity index is 2.02. The van der Waals surface area contributed by atoms with Crippen LogP contribution in [-0.2, 0) is 4.74 Å². The summed E-state index contributed by atoms with van der Waals surface area (Å²) in [5, 5.41) is 3.47. The summed E-state index contributed by atoms with van der Waals surface area (Å²) in [7, 11) is 4.31. The Morgan fingerprint density at radius 2 is 2.12 bits per heavy atom. The standard InChI is InChI=1S/C13H27N3O/c1-11-9-15(3)6-4-7-16(11)13-10-17-8-5-12(13)14-2/h11-14H,4-10H2,1-3H3. The molecule has 0 amide bonds. The SMILES string of the molecule is CNC1CCOCC1N1CCCN(C)CC1C. The maximum absolute atomic E-state index is 5.69. The number of hydrogen-bond acceptors (Lipinski definition) is 4. The molecule has 0 spiro atoms. The summed E-state index contributed by atoms with van der Waals surface area (Å²) in [6, 6.07) is 1.77. The Labute approximate surface area is 105 Å². The van der Waals surface area contributed by atoms with Gasteiger partial charge in [-0.25, -0.2) is 0 Å². The molecule has 2 saturated heterocycles. The van der Waals surface area contributed by atoms with E-state index in [-0.39, 0.29) is 0 Å². The van der Waals surface area contributed by atoms with E-state index < -0.39 is 0 Å². The average Bonchev–Trinajstić information content (AvgIpc) is 2.50. The highest BCUT2D eigenvalue weighted by Gasteiger charge is 2.33. The number of likely N-dealkylation sites (N-methyl/N-ethyl adjacent to an activating group) is 2. The van der Waals surface area contributed by atoms with Gasteiger partial charge in [-0.3, -0.25) is 4.90 Å². The fourth-order valence-electron chi connectivity index (χ4n) is 3.27. The summed E-state index contributed by atoms with van der Waals surface area (Å²) >= 11 is 0. The smallest absolute Gasteiger partial charge is 0.0637 e. The molecule has 100 valence electrons. The predicted molar refractivity (Wildman–Crippen MR) is 70.4 cm³/mol. The Kier molecular flexibility index (Phi) is 4.79. The first-order valence-electron chi connectivity index (χ1n) is 6.91. The van der Waals surface area contributed by atoms with Crippen LogP contribution in [0.25, 0.3) is 0 Å². The topological polar surface area (TPSA) is 27.7 Å². The van der Waals surface area contributed by atoms with Crippen molar-refractivity contribution in [3.05, 3.63) is 0 Å². The van der Waals surface area contributed by atoms with E-state index >= 15 is 0 Å². The molecule has 1 N–H and O–H groups in total. The maximum Gasteiger partial charge on any atom is 0.0637 e. The molecule has 0 saturated carbocycles. The van der Waals surface area contributed by atoms with E-state index in [1.807, 2.05) is 0 Å². The molecule has 0 aromatic carbocycles. The fourth-order valence-corrected chi connectivity index (χ4v) is 3.27. The van der Waals surface area contributed by atoms with Gasteiger partial charge in [0.1, 0.15) is 0 Å². The molecule has 0 radical (unpaired) electrons. The lowest BCUT2D eigenvalue weighted by molar-refractivity contribution is -0.0142. The summed E-state index contributed by atoms with van der Waals surface area (Å²) in [6.45, 7) is 7.75. The summed E-state index contributed by atoms with van der Waals surface area (Å²) < 4.78 is 5.69. The van der Waals surface area contributed by atoms with Crippen LogP contribution in [0.1, 0.15) is 19.8 Å². The molecule has 3 atom stereocenters. The predicted octanol–water partition coefficient (Wildman–Crippen LogP) is 0.389. The van der Waals surface area contributed by atoms with Gasteiger partial charge in [0, 0.05) is 37.8 Å². The largest absolute Gasteiger partial charge is 0.380 e. The van der Waals surface area contributed by atoms with E-state index in [2.05, 4.69) is 36.1 Å². The van der Waals surface area contributed by atoms with E-state index in [1.165, 1.54) is 26.1 Å². The van der Waals surface area contributed by atoms with Gasteiger partial charge in [0.15, 0.2) is 0 Å². The molecule has 17 heavy (non-hydrogen) atoms. The molecular weight excluding hydrogens is 214 g/mol. The zero-order valence-electron chi connectivity index (χ0n) is 11.5. The van der Waals surface area contributed by atoms with Gasteiger partial charge in [-0.05, 0) is 40.4 Å². The summed E-state index contributed by atoms with van der Waals surface area (Å²) in [5.41, 5.74) is 0. The van der Waals surface area contributed by atoms with Crippen LogP contribution in [0.3, 0.4) is 0 Å². The van der Waals surface area contributed by atoms with E-state index in [4.69, 9.17) is 4.74 Å². The highest BCUT2D eigenvalue weighted by molar-refractivity contribution is 4.90. The Hall–Kier alpha value is -0.160. The fraction of sp³-hybridized carbons (Fsp3) is 1.00. The minimum Gasteiger partial charge on any atom is -0.380 e. The molecule has 2 aliphatic heterocycles. The summed E-state index contributed by atoms with van der Waals surface area (Å²) in [5.74, 6) is 0. The Morgan fingerprint density at radius 3 is 2.88 bits per heavy atom. The van der Waals surface area contributed by atoms with Crippen LogP contribution in [0.15, 0.2) is 0 Å². The summed E-state index contributed by atoms with van der Waals surface area (Å²) in [4.78, 5) is 5.10. The highest BCUT2D eigenvalue weighted by Crippen LogP contribution is 2.19. The summed E-state index contributed by atoms with van der Waals surface area (Å²) in [6.07, 6.45) is 2.41. The molecule has 0 aromatic rings. The van der Waals surface area contributed by atoms with Gasteiger partial charge in [0.25, 0.3) is 0 Å². The quantitative estimate of drug-likeness (QED) is 0.757. The van der Waals surface area contributed by atoms with Crippen molar-refractivity contribution in [2.75, 3.05) is 46.9 Å². The van der Waals surface area contributed by atoms with E-state index in [0.717, 1.165) is 19.6 Å². The number of nitrogens with one attached hydrogen (secondary N) is 1. The zero-order valence-corrected chi connectivity index (χ0v) is 11.5. The van der Waals surface area contributed by atoms with Gasteiger partial charge in [0.05, 0.1) is 6.61 Å². The second-order valence-electron chi connectivity index (χ2n) is 5.53. The van der Waals surface area contributed by atoms with Crippen molar-refractivity contribution in [3.63, 3.8) is 0 Å². The molecular formula is C13H27N3O. The molecule has 4 nitrogen and oxygen atoms in total. The van der Waals surface area contributed by atoms with Gasteiger partial charge in [0.2, 0.25) is 0 Å². The second-order valence-corrected chi connectivity index (χ2v) is 5.53. The molecule has 3 unspecified atom stereocenters. The molecule has 2 rings (SSSR count). The van der Waals surface area contributed by atoms with Crippen LogP contribution in [0.4, 0.5) is 0 Å². The molecule has 2 fully saturated rings. The number of ether oxygens (including phenoxy) is 1. The van der Waals surface area contributed by atoms with Gasteiger partial charge < -0.3 is 15.0 Å². The first kappa shape index (κ1) is 13.3. The number of hydrogen-bond donors (Lipinski definition) is 1. The van der Waals surface area contributed by atoms with Crippen molar-refractivity contribution < 1.29 is 4.74 Å². The third-order valence-corrected chi connectivity index (χ3v) is 4.22. The number of nitrogens with zero attached hydrogens (tertiary/aromatic N) is 2. The third-order valence-electron chi connectivity index (χ3n) is 4.22. The highest BCUT2D eigenvalue weighted by atomic mass is 16.5. The molecule has 0 aromatic heterocycles. The first-order chi connectivity index (χ1) is 8.22. The van der Waals surface area contributed by atoms with Crippen molar-refractivity contribution in [1.29, 1.82) is 0 Å². The Morgan fingerprint density at radius 1 is 1.29 bits per heavy atom. The Bertz CT molecular complexity index is 237. The number of rotatable bonds is 2. The van der Waals surface area contributed by atoms with Crippen LogP contribution in [0.5, 0.6) is 0 Å². The van der Waals surface area contributed by atoms with Crippen molar-refractivity contribution in [1.82, 2.24) is 15.1 Å². The van der Waals surface area contributed by atoms with Crippen molar-refractivity contribution in [3.8, 4) is 0 Å². The van der Waals surface area contributed by atoms with Gasteiger partial charge in [-0.2, -0.15) is 0 Å². The second kappa shape index (κ2) is 6.14. The average molecular weight is 241 g/mol.